The molecule has 14 heavy (non-hydrogen) atoms. The molecule has 0 saturated carbocycles. The highest BCUT2D eigenvalue weighted by Crippen LogP contribution is 2.26. The summed E-state index contributed by atoms with van der Waals surface area (Å²) in [6.07, 6.45) is 3.46. The van der Waals surface area contributed by atoms with Gasteiger partial charge in [0, 0.05) is 27.6 Å². The van der Waals surface area contributed by atoms with Gasteiger partial charge in [0.25, 0.3) is 0 Å². The van der Waals surface area contributed by atoms with Crippen LogP contribution in [0.4, 0.5) is 0 Å². The number of nitriles is 1. The van der Waals surface area contributed by atoms with E-state index in [4.69, 9.17) is 5.26 Å². The predicted octanol–water partition coefficient (Wildman–Crippen LogP) is 3.18. The van der Waals surface area contributed by atoms with Gasteiger partial charge in [-0.15, -0.1) is 0 Å². The second-order valence-corrected chi connectivity index (χ2v) is 4.00. The molecule has 1 aromatic heterocycles. The van der Waals surface area contributed by atoms with E-state index in [9.17, 15) is 0 Å². The van der Waals surface area contributed by atoms with Crippen LogP contribution in [0.5, 0.6) is 0 Å². The summed E-state index contributed by atoms with van der Waals surface area (Å²) >= 11 is 3.42. The maximum atomic E-state index is 8.96. The fourth-order valence-corrected chi connectivity index (χ4v) is 1.92. The van der Waals surface area contributed by atoms with Crippen molar-refractivity contribution in [3.8, 4) is 6.07 Å². The largest absolute Gasteiger partial charge is 0.263 e. The van der Waals surface area contributed by atoms with Crippen LogP contribution in [0.3, 0.4) is 0 Å². The summed E-state index contributed by atoms with van der Waals surface area (Å²) in [6.45, 7) is 1.98. The lowest BCUT2D eigenvalue weighted by atomic mass is 10.0. The molecule has 2 nitrogen and oxygen atoms in total. The van der Waals surface area contributed by atoms with E-state index in [0.29, 0.717) is 5.56 Å². The molecule has 3 heteroatoms. The van der Waals surface area contributed by atoms with E-state index < -0.39 is 0 Å². The fraction of sp³-hybridized carbons (Fsp3) is 0.0909. The van der Waals surface area contributed by atoms with Crippen molar-refractivity contribution in [2.24, 2.45) is 0 Å². The minimum absolute atomic E-state index is 0.675. The Morgan fingerprint density at radius 2 is 2.07 bits per heavy atom. The molecular weight excluding hydrogens is 240 g/mol. The normalized spacial score (nSPS) is 10.1. The first kappa shape index (κ1) is 9.17. The maximum Gasteiger partial charge on any atom is 0.0998 e. The molecule has 0 unspecified atom stereocenters. The number of rotatable bonds is 0. The van der Waals surface area contributed by atoms with Crippen molar-refractivity contribution in [2.45, 2.75) is 6.92 Å². The molecule has 1 heterocycles. The number of pyridine rings is 1. The van der Waals surface area contributed by atoms with Crippen LogP contribution < -0.4 is 0 Å². The Kier molecular flexibility index (Phi) is 2.22. The van der Waals surface area contributed by atoms with Crippen molar-refractivity contribution in [1.82, 2.24) is 4.98 Å². The fourth-order valence-electron chi connectivity index (χ4n) is 1.47. The second kappa shape index (κ2) is 3.39. The van der Waals surface area contributed by atoms with E-state index >= 15 is 0 Å². The first-order chi connectivity index (χ1) is 6.72. The van der Waals surface area contributed by atoms with Crippen molar-refractivity contribution >= 4 is 26.7 Å². The summed E-state index contributed by atoms with van der Waals surface area (Å²) in [5, 5.41) is 10.9. The van der Waals surface area contributed by atoms with Crippen LogP contribution in [0, 0.1) is 18.3 Å². The highest BCUT2D eigenvalue weighted by atomic mass is 79.9. The zero-order valence-corrected chi connectivity index (χ0v) is 9.17. The summed E-state index contributed by atoms with van der Waals surface area (Å²) in [4.78, 5) is 4.05. The van der Waals surface area contributed by atoms with Gasteiger partial charge in [-0.3, -0.25) is 4.98 Å². The number of nitrogens with zero attached hydrogens (tertiary/aromatic N) is 2. The molecule has 2 aromatic rings. The molecule has 0 N–H and O–H groups in total. The number of aromatic nitrogens is 1. The van der Waals surface area contributed by atoms with Gasteiger partial charge in [0.05, 0.1) is 11.6 Å². The molecular formula is C11H7BrN2. The highest BCUT2D eigenvalue weighted by Gasteiger charge is 2.04. The van der Waals surface area contributed by atoms with E-state index in [0.717, 1.165) is 20.8 Å². The third-order valence-corrected chi connectivity index (χ3v) is 2.73. The first-order valence-electron chi connectivity index (χ1n) is 4.16. The SMILES string of the molecule is Cc1cc(C#N)c2cncc(Br)c2c1. The number of halogens is 1. The average Bonchev–Trinajstić information content (AvgIpc) is 2.18. The molecule has 2 rings (SSSR count). The number of hydrogen-bond donors (Lipinski definition) is 0. The van der Waals surface area contributed by atoms with Gasteiger partial charge < -0.3 is 0 Å². The predicted molar refractivity (Wildman–Crippen MR) is 58.9 cm³/mol. The average molecular weight is 247 g/mol. The van der Waals surface area contributed by atoms with Gasteiger partial charge in [-0.2, -0.15) is 5.26 Å². The maximum absolute atomic E-state index is 8.96. The third kappa shape index (κ3) is 1.38. The Balaban J connectivity index is 2.96. The van der Waals surface area contributed by atoms with E-state index in [-0.39, 0.29) is 0 Å². The topological polar surface area (TPSA) is 36.7 Å². The minimum atomic E-state index is 0.675. The van der Waals surface area contributed by atoms with Crippen molar-refractivity contribution in [3.63, 3.8) is 0 Å². The molecule has 1 aromatic carbocycles. The van der Waals surface area contributed by atoms with Crippen LogP contribution in [0.15, 0.2) is 29.0 Å². The second-order valence-electron chi connectivity index (χ2n) is 3.14. The monoisotopic (exact) mass is 246 g/mol. The Morgan fingerprint density at radius 3 is 2.79 bits per heavy atom. The Morgan fingerprint density at radius 1 is 1.29 bits per heavy atom. The minimum Gasteiger partial charge on any atom is -0.263 e. The molecule has 0 aliphatic heterocycles. The smallest absolute Gasteiger partial charge is 0.0998 e. The van der Waals surface area contributed by atoms with Gasteiger partial charge in [-0.25, -0.2) is 0 Å². The van der Waals surface area contributed by atoms with Crippen molar-refractivity contribution in [2.75, 3.05) is 0 Å². The summed E-state index contributed by atoms with van der Waals surface area (Å²) in [7, 11) is 0. The molecule has 0 aliphatic rings. The van der Waals surface area contributed by atoms with E-state index in [1.54, 1.807) is 12.4 Å². The van der Waals surface area contributed by atoms with Crippen LogP contribution in [-0.2, 0) is 0 Å². The molecule has 0 saturated heterocycles. The lowest BCUT2D eigenvalue weighted by Crippen LogP contribution is -1.85. The standard InChI is InChI=1S/C11H7BrN2/c1-7-2-8(4-13)10-5-14-6-11(12)9(10)3-7/h2-3,5-6H,1H3. The van der Waals surface area contributed by atoms with E-state index in [2.05, 4.69) is 27.0 Å². The molecule has 0 fully saturated rings. The van der Waals surface area contributed by atoms with Gasteiger partial charge in [-0.05, 0) is 34.5 Å². The molecule has 0 radical (unpaired) electrons. The molecule has 0 atom stereocenters. The van der Waals surface area contributed by atoms with Crippen molar-refractivity contribution < 1.29 is 0 Å². The lowest BCUT2D eigenvalue weighted by molar-refractivity contribution is 1.33. The van der Waals surface area contributed by atoms with Gasteiger partial charge in [0.2, 0.25) is 0 Å². The molecule has 0 amide bonds. The number of hydrogen-bond acceptors (Lipinski definition) is 2. The van der Waals surface area contributed by atoms with Crippen molar-refractivity contribution in [3.05, 3.63) is 40.1 Å². The zero-order chi connectivity index (χ0) is 10.1. The summed E-state index contributed by atoms with van der Waals surface area (Å²) in [6, 6.07) is 6.09. The van der Waals surface area contributed by atoms with E-state index in [1.165, 1.54) is 0 Å². The van der Waals surface area contributed by atoms with Crippen LogP contribution in [0.25, 0.3) is 10.8 Å². The Bertz CT molecular complexity index is 541. The van der Waals surface area contributed by atoms with Crippen LogP contribution in [-0.4, -0.2) is 4.98 Å². The third-order valence-electron chi connectivity index (χ3n) is 2.09. The molecule has 68 valence electrons. The van der Waals surface area contributed by atoms with E-state index in [1.807, 2.05) is 19.1 Å². The number of aryl methyl sites for hydroxylation is 1. The molecule has 0 spiro atoms. The quantitative estimate of drug-likeness (QED) is 0.716. The first-order valence-corrected chi connectivity index (χ1v) is 4.95. The molecule has 0 aliphatic carbocycles. The number of fused-ring (bicyclic) bond motifs is 1. The van der Waals surface area contributed by atoms with Crippen LogP contribution in [0.1, 0.15) is 11.1 Å². The Hall–Kier alpha value is -1.40. The van der Waals surface area contributed by atoms with Crippen LogP contribution in [0.2, 0.25) is 0 Å². The van der Waals surface area contributed by atoms with Gasteiger partial charge in [0.15, 0.2) is 0 Å². The Labute approximate surface area is 90.3 Å². The zero-order valence-electron chi connectivity index (χ0n) is 7.58. The highest BCUT2D eigenvalue weighted by molar-refractivity contribution is 9.10. The lowest BCUT2D eigenvalue weighted by Gasteiger charge is -2.03. The van der Waals surface area contributed by atoms with Gasteiger partial charge in [-0.1, -0.05) is 6.07 Å². The van der Waals surface area contributed by atoms with Crippen molar-refractivity contribution in [1.29, 1.82) is 5.26 Å². The summed E-state index contributed by atoms with van der Waals surface area (Å²) < 4.78 is 0.926. The van der Waals surface area contributed by atoms with Crippen LogP contribution >= 0.6 is 15.9 Å². The molecule has 0 bridgehead atoms. The number of benzene rings is 1. The summed E-state index contributed by atoms with van der Waals surface area (Å²) in [5.41, 5.74) is 1.76. The summed E-state index contributed by atoms with van der Waals surface area (Å²) in [5.74, 6) is 0. The van der Waals surface area contributed by atoms with Gasteiger partial charge >= 0.3 is 0 Å². The van der Waals surface area contributed by atoms with Gasteiger partial charge in [0.1, 0.15) is 0 Å².